The van der Waals surface area contributed by atoms with Crippen molar-refractivity contribution in [3.8, 4) is 6.07 Å². The zero-order chi connectivity index (χ0) is 18.7. The Balaban J connectivity index is 1.87. The summed E-state index contributed by atoms with van der Waals surface area (Å²) in [6.07, 6.45) is 1.56. The molecule has 0 aliphatic heterocycles. The topological polar surface area (TPSA) is 73.6 Å². The van der Waals surface area contributed by atoms with Crippen LogP contribution in [0.1, 0.15) is 22.3 Å². The largest absolute Gasteiger partial charge is 0.338 e. The lowest BCUT2D eigenvalue weighted by atomic mass is 10.1. The summed E-state index contributed by atoms with van der Waals surface area (Å²) in [4.78, 5) is 8.70. The van der Waals surface area contributed by atoms with Crippen molar-refractivity contribution in [2.24, 2.45) is 0 Å². The maximum atomic E-state index is 8.87. The summed E-state index contributed by atoms with van der Waals surface area (Å²) in [5.74, 6) is 0.955. The molecule has 0 bridgehead atoms. The number of aromatic nitrogens is 2. The van der Waals surface area contributed by atoms with Crippen LogP contribution in [0.25, 0.3) is 0 Å². The van der Waals surface area contributed by atoms with Gasteiger partial charge in [0.1, 0.15) is 5.02 Å². The third-order valence-corrected chi connectivity index (χ3v) is 4.21. The Morgan fingerprint density at radius 1 is 1.00 bits per heavy atom. The zero-order valence-electron chi connectivity index (χ0n) is 14.8. The number of rotatable bonds is 4. The molecule has 130 valence electrons. The molecule has 2 aromatic carbocycles. The molecule has 6 heteroatoms. The summed E-state index contributed by atoms with van der Waals surface area (Å²) >= 11 is 6.27. The van der Waals surface area contributed by atoms with E-state index in [0.717, 1.165) is 22.5 Å². The van der Waals surface area contributed by atoms with E-state index >= 15 is 0 Å². The van der Waals surface area contributed by atoms with Crippen LogP contribution >= 0.6 is 11.6 Å². The second kappa shape index (κ2) is 7.42. The lowest BCUT2D eigenvalue weighted by molar-refractivity contribution is 1.16. The molecule has 0 amide bonds. The van der Waals surface area contributed by atoms with Crippen molar-refractivity contribution in [1.82, 2.24) is 9.97 Å². The van der Waals surface area contributed by atoms with E-state index in [0.29, 0.717) is 22.4 Å². The van der Waals surface area contributed by atoms with Gasteiger partial charge in [-0.3, -0.25) is 0 Å². The number of benzene rings is 2. The van der Waals surface area contributed by atoms with Crippen molar-refractivity contribution in [3.05, 3.63) is 69.9 Å². The fourth-order valence-electron chi connectivity index (χ4n) is 2.77. The minimum Gasteiger partial charge on any atom is -0.338 e. The average Bonchev–Trinajstić information content (AvgIpc) is 2.61. The molecule has 0 saturated carbocycles. The number of anilines is 4. The van der Waals surface area contributed by atoms with Crippen molar-refractivity contribution >= 4 is 34.7 Å². The second-order valence-corrected chi connectivity index (χ2v) is 6.51. The molecule has 0 saturated heterocycles. The lowest BCUT2D eigenvalue weighted by Gasteiger charge is -2.15. The molecule has 0 fully saturated rings. The van der Waals surface area contributed by atoms with Gasteiger partial charge in [-0.2, -0.15) is 10.2 Å². The van der Waals surface area contributed by atoms with Crippen LogP contribution in [0, 0.1) is 32.1 Å². The minimum absolute atomic E-state index is 0.420. The number of nitrogens with one attached hydrogen (secondary N) is 2. The highest BCUT2D eigenvalue weighted by Crippen LogP contribution is 2.29. The van der Waals surface area contributed by atoms with Crippen molar-refractivity contribution in [3.63, 3.8) is 0 Å². The molecular weight excluding hydrogens is 346 g/mol. The Hall–Kier alpha value is -3.10. The predicted octanol–water partition coefficient (Wildman–Crippen LogP) is 5.41. The molecule has 5 nitrogen and oxygen atoms in total. The number of nitriles is 1. The van der Waals surface area contributed by atoms with Gasteiger partial charge in [0.2, 0.25) is 5.95 Å². The van der Waals surface area contributed by atoms with E-state index in [2.05, 4.69) is 45.7 Å². The quantitative estimate of drug-likeness (QED) is 0.647. The molecule has 0 unspecified atom stereocenters. The highest BCUT2D eigenvalue weighted by molar-refractivity contribution is 6.32. The molecule has 1 heterocycles. The molecule has 3 aromatic rings. The fraction of sp³-hybridized carbons (Fsp3) is 0.150. The first kappa shape index (κ1) is 17.7. The summed E-state index contributed by atoms with van der Waals surface area (Å²) in [7, 11) is 0. The molecule has 1 aromatic heterocycles. The van der Waals surface area contributed by atoms with Crippen LogP contribution in [0.15, 0.2) is 42.6 Å². The summed E-state index contributed by atoms with van der Waals surface area (Å²) in [5.41, 5.74) is 5.83. The van der Waals surface area contributed by atoms with Crippen molar-refractivity contribution < 1.29 is 0 Å². The first-order chi connectivity index (χ1) is 12.5. The molecule has 0 aliphatic rings. The van der Waals surface area contributed by atoms with Crippen molar-refractivity contribution in [2.45, 2.75) is 20.8 Å². The van der Waals surface area contributed by atoms with Crippen LogP contribution in [-0.4, -0.2) is 9.97 Å². The van der Waals surface area contributed by atoms with Gasteiger partial charge in [0, 0.05) is 11.4 Å². The summed E-state index contributed by atoms with van der Waals surface area (Å²) in [6.45, 7) is 6.17. The van der Waals surface area contributed by atoms with E-state index in [4.69, 9.17) is 16.9 Å². The molecular formula is C20H18ClN5. The molecule has 2 N–H and O–H groups in total. The average molecular weight is 364 g/mol. The second-order valence-electron chi connectivity index (χ2n) is 6.10. The van der Waals surface area contributed by atoms with E-state index in [1.54, 1.807) is 30.5 Å². The van der Waals surface area contributed by atoms with Crippen molar-refractivity contribution in [2.75, 3.05) is 10.6 Å². The smallest absolute Gasteiger partial charge is 0.229 e. The Morgan fingerprint density at radius 3 is 2.27 bits per heavy atom. The fourth-order valence-corrected chi connectivity index (χ4v) is 2.91. The normalized spacial score (nSPS) is 10.3. The molecule has 3 rings (SSSR count). The molecule has 0 aliphatic carbocycles. The van der Waals surface area contributed by atoms with Crippen LogP contribution in [-0.2, 0) is 0 Å². The van der Waals surface area contributed by atoms with E-state index < -0.39 is 0 Å². The number of hydrogen-bond donors (Lipinski definition) is 2. The highest BCUT2D eigenvalue weighted by atomic mass is 35.5. The maximum absolute atomic E-state index is 8.87. The third-order valence-electron chi connectivity index (χ3n) is 3.93. The monoisotopic (exact) mass is 363 g/mol. The number of halogens is 1. The molecule has 0 radical (unpaired) electrons. The first-order valence-electron chi connectivity index (χ1n) is 8.11. The van der Waals surface area contributed by atoms with Crippen LogP contribution < -0.4 is 10.6 Å². The van der Waals surface area contributed by atoms with Gasteiger partial charge in [-0.05, 0) is 56.2 Å². The van der Waals surface area contributed by atoms with Crippen molar-refractivity contribution in [1.29, 1.82) is 5.26 Å². The minimum atomic E-state index is 0.420. The molecule has 26 heavy (non-hydrogen) atoms. The summed E-state index contributed by atoms with van der Waals surface area (Å²) in [6, 6.07) is 13.4. The maximum Gasteiger partial charge on any atom is 0.229 e. The Bertz CT molecular complexity index is 967. The zero-order valence-corrected chi connectivity index (χ0v) is 15.5. The predicted molar refractivity (Wildman–Crippen MR) is 105 cm³/mol. The Labute approximate surface area is 157 Å². The summed E-state index contributed by atoms with van der Waals surface area (Å²) in [5, 5.41) is 15.7. The van der Waals surface area contributed by atoms with Gasteiger partial charge < -0.3 is 10.6 Å². The SMILES string of the molecule is Cc1cc(C)c(Nc2nc(Nc3ccc(C#N)cc3)ncc2Cl)c(C)c1. The van der Waals surface area contributed by atoms with Gasteiger partial charge in [0.25, 0.3) is 0 Å². The van der Waals surface area contributed by atoms with Crippen LogP contribution in [0.5, 0.6) is 0 Å². The standard InChI is InChI=1S/C20H18ClN5/c1-12-8-13(2)18(14(3)9-12)25-19-17(21)11-23-20(26-19)24-16-6-4-15(10-22)5-7-16/h4-9,11H,1-3H3,(H2,23,24,25,26). The first-order valence-corrected chi connectivity index (χ1v) is 8.48. The Morgan fingerprint density at radius 2 is 1.65 bits per heavy atom. The van der Waals surface area contributed by atoms with E-state index in [-0.39, 0.29) is 0 Å². The third kappa shape index (κ3) is 3.93. The van der Waals surface area contributed by atoms with Gasteiger partial charge in [-0.25, -0.2) is 4.98 Å². The molecule has 0 spiro atoms. The number of nitrogens with zero attached hydrogens (tertiary/aromatic N) is 3. The van der Waals surface area contributed by atoms with E-state index in [1.165, 1.54) is 5.56 Å². The number of hydrogen-bond acceptors (Lipinski definition) is 5. The molecule has 0 atom stereocenters. The van der Waals surface area contributed by atoms with E-state index in [9.17, 15) is 0 Å². The van der Waals surface area contributed by atoms with E-state index in [1.807, 2.05) is 13.8 Å². The lowest BCUT2D eigenvalue weighted by Crippen LogP contribution is -2.03. The van der Waals surface area contributed by atoms with Crippen LogP contribution in [0.4, 0.5) is 23.1 Å². The van der Waals surface area contributed by atoms with Crippen LogP contribution in [0.3, 0.4) is 0 Å². The van der Waals surface area contributed by atoms with Gasteiger partial charge in [0.15, 0.2) is 5.82 Å². The number of aryl methyl sites for hydroxylation is 3. The summed E-state index contributed by atoms with van der Waals surface area (Å²) < 4.78 is 0. The van der Waals surface area contributed by atoms with Gasteiger partial charge in [-0.1, -0.05) is 29.3 Å². The Kier molecular flexibility index (Phi) is 5.06. The van der Waals surface area contributed by atoms with Gasteiger partial charge >= 0.3 is 0 Å². The van der Waals surface area contributed by atoms with Crippen LogP contribution in [0.2, 0.25) is 5.02 Å². The van der Waals surface area contributed by atoms with Gasteiger partial charge in [-0.15, -0.1) is 0 Å². The van der Waals surface area contributed by atoms with Gasteiger partial charge in [0.05, 0.1) is 17.8 Å². The highest BCUT2D eigenvalue weighted by Gasteiger charge is 2.10.